The molecule has 186 valence electrons. The van der Waals surface area contributed by atoms with E-state index in [1.807, 2.05) is 0 Å². The Labute approximate surface area is 199 Å². The number of carbonyl (C=O) groups is 4. The molecule has 2 saturated heterocycles. The predicted octanol–water partition coefficient (Wildman–Crippen LogP) is -0.319. The third kappa shape index (κ3) is 5.92. The van der Waals surface area contributed by atoms with Crippen LogP contribution in [0.5, 0.6) is 0 Å². The number of rotatable bonds is 7. The van der Waals surface area contributed by atoms with Crippen LogP contribution in [0.2, 0.25) is 0 Å². The Morgan fingerprint density at radius 1 is 1.24 bits per heavy atom. The molecule has 1 aromatic carbocycles. The Morgan fingerprint density at radius 2 is 2.00 bits per heavy atom. The summed E-state index contributed by atoms with van der Waals surface area (Å²) in [6, 6.07) is 5.55. The number of ether oxygens (including phenoxy) is 1. The van der Waals surface area contributed by atoms with Gasteiger partial charge in [0.25, 0.3) is 5.91 Å². The van der Waals surface area contributed by atoms with Crippen LogP contribution in [-0.4, -0.2) is 99.1 Å². The molecule has 0 saturated carbocycles. The summed E-state index contributed by atoms with van der Waals surface area (Å²) in [5.41, 5.74) is 0.112. The Kier molecular flexibility index (Phi) is 8.26. The van der Waals surface area contributed by atoms with Gasteiger partial charge in [0.1, 0.15) is 0 Å². The second-order valence-electron chi connectivity index (χ2n) is 8.31. The number of piperidine rings is 1. The highest BCUT2D eigenvalue weighted by Crippen LogP contribution is 2.20. The summed E-state index contributed by atoms with van der Waals surface area (Å²) in [4.78, 5) is 52.0. The van der Waals surface area contributed by atoms with Gasteiger partial charge in [-0.1, -0.05) is 6.07 Å². The second kappa shape index (κ2) is 11.0. The number of esters is 1. The maximum absolute atomic E-state index is 12.9. The normalized spacial score (nSPS) is 19.3. The third-order valence-corrected chi connectivity index (χ3v) is 7.68. The van der Waals surface area contributed by atoms with Crippen molar-refractivity contribution in [2.75, 3.05) is 52.9 Å². The van der Waals surface area contributed by atoms with Crippen LogP contribution in [0, 0.1) is 5.92 Å². The lowest BCUT2D eigenvalue weighted by Crippen LogP contribution is -2.49. The molecule has 2 aliphatic heterocycles. The first-order chi connectivity index (χ1) is 16.1. The van der Waals surface area contributed by atoms with Crippen molar-refractivity contribution >= 4 is 33.7 Å². The molecule has 34 heavy (non-hydrogen) atoms. The molecular weight excluding hydrogens is 464 g/mol. The molecule has 0 spiro atoms. The quantitative estimate of drug-likeness (QED) is 0.514. The maximum Gasteiger partial charge on any atom is 0.310 e. The topological polar surface area (TPSA) is 133 Å². The van der Waals surface area contributed by atoms with Crippen molar-refractivity contribution in [3.8, 4) is 0 Å². The van der Waals surface area contributed by atoms with Crippen LogP contribution in [0.15, 0.2) is 29.2 Å². The number of benzene rings is 1. The fourth-order valence-electron chi connectivity index (χ4n) is 4.01. The molecule has 2 heterocycles. The summed E-state index contributed by atoms with van der Waals surface area (Å²) in [6.07, 6.45) is 1.32. The van der Waals surface area contributed by atoms with Crippen molar-refractivity contribution in [2.45, 2.75) is 24.7 Å². The van der Waals surface area contributed by atoms with E-state index in [1.54, 1.807) is 11.8 Å². The van der Waals surface area contributed by atoms with Gasteiger partial charge >= 0.3 is 5.97 Å². The van der Waals surface area contributed by atoms with Crippen LogP contribution < -0.4 is 5.32 Å². The van der Waals surface area contributed by atoms with Crippen LogP contribution in [0.25, 0.3) is 0 Å². The minimum absolute atomic E-state index is 0.0962. The summed E-state index contributed by atoms with van der Waals surface area (Å²) >= 11 is 0. The first kappa shape index (κ1) is 25.6. The molecule has 0 bridgehead atoms. The van der Waals surface area contributed by atoms with E-state index in [0.717, 1.165) is 4.31 Å². The third-order valence-electron chi connectivity index (χ3n) is 5.84. The van der Waals surface area contributed by atoms with Crippen LogP contribution in [0.4, 0.5) is 0 Å². The standard InChI is InChI=1S/C22H30N4O7S/c1-3-33-22(30)17-7-5-10-25(13-17)20(28)15-24(2)21(29)16-6-4-8-18(12-16)34(31,32)26-11-9-23-19(27)14-26/h4,6,8,12,17H,3,5,7,9-11,13-15H2,1-2H3,(H,23,27). The van der Waals surface area contributed by atoms with E-state index < -0.39 is 15.9 Å². The largest absolute Gasteiger partial charge is 0.466 e. The van der Waals surface area contributed by atoms with Crippen molar-refractivity contribution in [2.24, 2.45) is 5.92 Å². The van der Waals surface area contributed by atoms with Crippen molar-refractivity contribution in [1.82, 2.24) is 19.4 Å². The monoisotopic (exact) mass is 494 g/mol. The number of amides is 3. The van der Waals surface area contributed by atoms with Crippen LogP contribution in [-0.2, 0) is 29.1 Å². The van der Waals surface area contributed by atoms with Crippen LogP contribution >= 0.6 is 0 Å². The Morgan fingerprint density at radius 3 is 2.71 bits per heavy atom. The van der Waals surface area contributed by atoms with E-state index in [9.17, 15) is 27.6 Å². The number of hydrogen-bond acceptors (Lipinski definition) is 7. The number of hydrogen-bond donors (Lipinski definition) is 1. The number of sulfonamides is 1. The average molecular weight is 495 g/mol. The summed E-state index contributed by atoms with van der Waals surface area (Å²) < 4.78 is 32.0. The van der Waals surface area contributed by atoms with E-state index in [1.165, 1.54) is 36.2 Å². The van der Waals surface area contributed by atoms with Gasteiger partial charge in [-0.25, -0.2) is 8.42 Å². The minimum Gasteiger partial charge on any atom is -0.466 e. The lowest BCUT2D eigenvalue weighted by atomic mass is 9.98. The van der Waals surface area contributed by atoms with E-state index in [4.69, 9.17) is 4.74 Å². The van der Waals surface area contributed by atoms with Crippen molar-refractivity contribution in [3.63, 3.8) is 0 Å². The molecule has 0 radical (unpaired) electrons. The molecule has 11 nitrogen and oxygen atoms in total. The molecule has 1 unspecified atom stereocenters. The van der Waals surface area contributed by atoms with Crippen molar-refractivity contribution in [3.05, 3.63) is 29.8 Å². The lowest BCUT2D eigenvalue weighted by Gasteiger charge is -2.32. The SMILES string of the molecule is CCOC(=O)C1CCCN(C(=O)CN(C)C(=O)c2cccc(S(=O)(=O)N3CCNC(=O)C3)c2)C1. The Balaban J connectivity index is 1.66. The van der Waals surface area contributed by atoms with E-state index in [0.29, 0.717) is 19.4 Å². The first-order valence-electron chi connectivity index (χ1n) is 11.2. The number of nitrogens with zero attached hydrogens (tertiary/aromatic N) is 3. The first-order valence-corrected chi connectivity index (χ1v) is 12.6. The Bertz CT molecular complexity index is 1060. The number of likely N-dealkylation sites (tertiary alicyclic amines) is 1. The summed E-state index contributed by atoms with van der Waals surface area (Å²) in [5, 5.41) is 2.57. The molecule has 2 fully saturated rings. The van der Waals surface area contributed by atoms with E-state index >= 15 is 0 Å². The highest BCUT2D eigenvalue weighted by Gasteiger charge is 2.31. The highest BCUT2D eigenvalue weighted by atomic mass is 32.2. The van der Waals surface area contributed by atoms with Gasteiger partial charge in [-0.3, -0.25) is 19.2 Å². The van der Waals surface area contributed by atoms with E-state index in [-0.39, 0.29) is 73.5 Å². The predicted molar refractivity (Wildman–Crippen MR) is 121 cm³/mol. The number of likely N-dealkylation sites (N-methyl/N-ethyl adjacent to an activating group) is 1. The maximum atomic E-state index is 12.9. The van der Waals surface area contributed by atoms with Crippen molar-refractivity contribution in [1.29, 1.82) is 0 Å². The minimum atomic E-state index is -3.95. The molecule has 12 heteroatoms. The van der Waals surface area contributed by atoms with E-state index in [2.05, 4.69) is 5.32 Å². The molecule has 0 aromatic heterocycles. The van der Waals surface area contributed by atoms with Gasteiger partial charge < -0.3 is 19.9 Å². The summed E-state index contributed by atoms with van der Waals surface area (Å²) in [5.74, 6) is -1.90. The summed E-state index contributed by atoms with van der Waals surface area (Å²) in [6.45, 7) is 2.62. The molecule has 1 atom stereocenters. The van der Waals surface area contributed by atoms with Gasteiger partial charge in [0, 0.05) is 38.8 Å². The lowest BCUT2D eigenvalue weighted by molar-refractivity contribution is -0.151. The van der Waals surface area contributed by atoms with Gasteiger partial charge in [0.15, 0.2) is 0 Å². The average Bonchev–Trinajstić information content (AvgIpc) is 2.83. The number of piperazine rings is 1. The van der Waals surface area contributed by atoms with Gasteiger partial charge in [0.2, 0.25) is 21.8 Å². The van der Waals surface area contributed by atoms with Gasteiger partial charge in [0.05, 0.1) is 30.5 Å². The number of carbonyl (C=O) groups excluding carboxylic acids is 4. The van der Waals surface area contributed by atoms with Crippen molar-refractivity contribution < 1.29 is 32.3 Å². The molecule has 1 aromatic rings. The zero-order valence-electron chi connectivity index (χ0n) is 19.4. The molecule has 0 aliphatic carbocycles. The fourth-order valence-corrected chi connectivity index (χ4v) is 5.45. The smallest absolute Gasteiger partial charge is 0.310 e. The van der Waals surface area contributed by atoms with Gasteiger partial charge in [-0.2, -0.15) is 4.31 Å². The summed E-state index contributed by atoms with van der Waals surface area (Å²) in [7, 11) is -2.49. The highest BCUT2D eigenvalue weighted by molar-refractivity contribution is 7.89. The van der Waals surface area contributed by atoms with Crippen LogP contribution in [0.3, 0.4) is 0 Å². The molecule has 1 N–H and O–H groups in total. The molecule has 3 rings (SSSR count). The molecule has 3 amide bonds. The van der Waals surface area contributed by atoms with Gasteiger partial charge in [-0.15, -0.1) is 0 Å². The zero-order valence-corrected chi connectivity index (χ0v) is 20.2. The number of nitrogens with one attached hydrogen (secondary N) is 1. The zero-order chi connectivity index (χ0) is 24.9. The molecular formula is C22H30N4O7S. The molecule has 2 aliphatic rings. The second-order valence-corrected chi connectivity index (χ2v) is 10.2. The van der Waals surface area contributed by atoms with Crippen LogP contribution in [0.1, 0.15) is 30.1 Å². The Hall–Kier alpha value is -2.99. The van der Waals surface area contributed by atoms with Gasteiger partial charge in [-0.05, 0) is 38.0 Å². The fraction of sp³-hybridized carbons (Fsp3) is 0.545.